The number of carbonyl (C=O) groups excluding carboxylic acids is 1. The summed E-state index contributed by atoms with van der Waals surface area (Å²) in [6.07, 6.45) is 18.8. The van der Waals surface area contributed by atoms with Gasteiger partial charge >= 0.3 is 5.97 Å². The highest BCUT2D eigenvalue weighted by Gasteiger charge is 2.13. The van der Waals surface area contributed by atoms with Crippen molar-refractivity contribution in [1.29, 1.82) is 0 Å². The Kier molecular flexibility index (Phi) is 11.6. The van der Waals surface area contributed by atoms with E-state index in [9.17, 15) is 4.79 Å². The molecule has 0 amide bonds. The van der Waals surface area contributed by atoms with Crippen molar-refractivity contribution >= 4 is 5.97 Å². The van der Waals surface area contributed by atoms with Crippen LogP contribution in [0.25, 0.3) is 0 Å². The molecule has 0 radical (unpaired) electrons. The monoisotopic (exact) mass is 296 g/mol. The molecule has 0 spiro atoms. The molecule has 21 heavy (non-hydrogen) atoms. The van der Waals surface area contributed by atoms with E-state index in [4.69, 9.17) is 4.74 Å². The maximum Gasteiger partial charge on any atom is 0.305 e. The quantitative estimate of drug-likeness (QED) is 0.423. The molecule has 1 aliphatic heterocycles. The molecule has 0 aliphatic carbocycles. The first-order chi connectivity index (χ1) is 10.3. The number of unbranched alkanes of at least 4 members (excludes halogenated alkanes) is 5. The SMILES string of the molecule is CCCCCCCCC1CCCCCCCCC(=O)OC1. The smallest absolute Gasteiger partial charge is 0.305 e. The fraction of sp³-hybridized carbons (Fsp3) is 0.947. The van der Waals surface area contributed by atoms with Gasteiger partial charge < -0.3 is 4.74 Å². The van der Waals surface area contributed by atoms with Gasteiger partial charge in [0.2, 0.25) is 0 Å². The lowest BCUT2D eigenvalue weighted by Crippen LogP contribution is -2.15. The molecular formula is C19H36O2. The summed E-state index contributed by atoms with van der Waals surface area (Å²) in [5.41, 5.74) is 0. The first-order valence-electron chi connectivity index (χ1n) is 9.48. The van der Waals surface area contributed by atoms with Crippen LogP contribution in [-0.4, -0.2) is 12.6 Å². The first kappa shape index (κ1) is 18.5. The van der Waals surface area contributed by atoms with Crippen molar-refractivity contribution in [2.75, 3.05) is 6.61 Å². The second-order valence-electron chi connectivity index (χ2n) is 6.77. The van der Waals surface area contributed by atoms with E-state index in [-0.39, 0.29) is 5.97 Å². The number of cyclic esters (lactones) is 1. The summed E-state index contributed by atoms with van der Waals surface area (Å²) < 4.78 is 5.48. The molecule has 0 N–H and O–H groups in total. The van der Waals surface area contributed by atoms with Crippen molar-refractivity contribution in [3.8, 4) is 0 Å². The molecule has 0 aromatic carbocycles. The molecule has 1 rings (SSSR count). The molecule has 0 aromatic heterocycles. The van der Waals surface area contributed by atoms with Crippen LogP contribution in [0.2, 0.25) is 0 Å². The summed E-state index contributed by atoms with van der Waals surface area (Å²) in [5.74, 6) is 0.642. The van der Waals surface area contributed by atoms with Gasteiger partial charge in [-0.25, -0.2) is 0 Å². The van der Waals surface area contributed by atoms with Crippen LogP contribution in [0.1, 0.15) is 103 Å². The van der Waals surface area contributed by atoms with Crippen molar-refractivity contribution in [3.63, 3.8) is 0 Å². The summed E-state index contributed by atoms with van der Waals surface area (Å²) in [6, 6.07) is 0. The number of hydrogen-bond acceptors (Lipinski definition) is 2. The predicted molar refractivity (Wildman–Crippen MR) is 89.4 cm³/mol. The Morgan fingerprint density at radius 2 is 1.57 bits per heavy atom. The van der Waals surface area contributed by atoms with Crippen LogP contribution in [0.4, 0.5) is 0 Å². The van der Waals surface area contributed by atoms with Crippen molar-refractivity contribution in [2.24, 2.45) is 5.92 Å². The van der Waals surface area contributed by atoms with Crippen LogP contribution in [0.5, 0.6) is 0 Å². The average Bonchev–Trinajstić information content (AvgIpc) is 2.48. The molecule has 0 aromatic rings. The van der Waals surface area contributed by atoms with Crippen molar-refractivity contribution in [1.82, 2.24) is 0 Å². The normalized spacial score (nSPS) is 22.1. The van der Waals surface area contributed by atoms with Crippen LogP contribution in [0, 0.1) is 5.92 Å². The molecule has 2 heteroatoms. The lowest BCUT2D eigenvalue weighted by Gasteiger charge is -2.18. The van der Waals surface area contributed by atoms with Gasteiger partial charge in [0, 0.05) is 6.42 Å². The van der Waals surface area contributed by atoms with Crippen LogP contribution in [0.15, 0.2) is 0 Å². The molecule has 0 bridgehead atoms. The third-order valence-corrected chi connectivity index (χ3v) is 4.69. The van der Waals surface area contributed by atoms with E-state index in [1.165, 1.54) is 83.5 Å². The Morgan fingerprint density at radius 1 is 0.905 bits per heavy atom. The highest BCUT2D eigenvalue weighted by atomic mass is 16.5. The van der Waals surface area contributed by atoms with E-state index >= 15 is 0 Å². The van der Waals surface area contributed by atoms with Gasteiger partial charge in [0.05, 0.1) is 6.61 Å². The number of ether oxygens (including phenoxy) is 1. The zero-order valence-corrected chi connectivity index (χ0v) is 14.2. The first-order valence-corrected chi connectivity index (χ1v) is 9.48. The standard InChI is InChI=1S/C19H36O2/c1-2-3-4-5-8-11-14-18-15-12-9-6-7-10-13-16-19(20)21-17-18/h18H,2-17H2,1H3. The minimum absolute atomic E-state index is 0.0310. The van der Waals surface area contributed by atoms with Crippen LogP contribution < -0.4 is 0 Å². The Hall–Kier alpha value is -0.530. The summed E-state index contributed by atoms with van der Waals surface area (Å²) in [5, 5.41) is 0. The zero-order chi connectivity index (χ0) is 15.2. The Balaban J connectivity index is 2.19. The minimum Gasteiger partial charge on any atom is -0.465 e. The van der Waals surface area contributed by atoms with Crippen molar-refractivity contribution in [2.45, 2.75) is 103 Å². The van der Waals surface area contributed by atoms with E-state index in [2.05, 4.69) is 6.92 Å². The van der Waals surface area contributed by atoms with Gasteiger partial charge in [-0.15, -0.1) is 0 Å². The second kappa shape index (κ2) is 13.2. The molecule has 1 unspecified atom stereocenters. The van der Waals surface area contributed by atoms with Gasteiger partial charge in [0.15, 0.2) is 0 Å². The molecular weight excluding hydrogens is 260 g/mol. The van der Waals surface area contributed by atoms with Crippen molar-refractivity contribution < 1.29 is 9.53 Å². The predicted octanol–water partition coefficient (Wildman–Crippen LogP) is 6.03. The van der Waals surface area contributed by atoms with Gasteiger partial charge in [-0.1, -0.05) is 77.6 Å². The highest BCUT2D eigenvalue weighted by Crippen LogP contribution is 2.21. The number of esters is 1. The molecule has 124 valence electrons. The van der Waals surface area contributed by atoms with E-state index in [1.54, 1.807) is 0 Å². The van der Waals surface area contributed by atoms with Crippen molar-refractivity contribution in [3.05, 3.63) is 0 Å². The second-order valence-corrected chi connectivity index (χ2v) is 6.77. The molecule has 1 heterocycles. The average molecular weight is 296 g/mol. The van der Waals surface area contributed by atoms with Crippen LogP contribution in [0.3, 0.4) is 0 Å². The van der Waals surface area contributed by atoms with Gasteiger partial charge in [-0.2, -0.15) is 0 Å². The summed E-state index contributed by atoms with van der Waals surface area (Å²) >= 11 is 0. The molecule has 1 aliphatic rings. The largest absolute Gasteiger partial charge is 0.465 e. The fourth-order valence-electron chi connectivity index (χ4n) is 3.22. The maximum atomic E-state index is 11.7. The van der Waals surface area contributed by atoms with E-state index in [0.29, 0.717) is 18.9 Å². The molecule has 1 atom stereocenters. The Morgan fingerprint density at radius 3 is 2.38 bits per heavy atom. The van der Waals surface area contributed by atoms with Crippen LogP contribution in [-0.2, 0) is 9.53 Å². The topological polar surface area (TPSA) is 26.3 Å². The molecule has 2 nitrogen and oxygen atoms in total. The summed E-state index contributed by atoms with van der Waals surface area (Å²) in [6.45, 7) is 2.94. The minimum atomic E-state index is 0.0310. The van der Waals surface area contributed by atoms with Crippen LogP contribution >= 0.6 is 0 Å². The van der Waals surface area contributed by atoms with Gasteiger partial charge in [-0.05, 0) is 25.2 Å². The zero-order valence-electron chi connectivity index (χ0n) is 14.2. The summed E-state index contributed by atoms with van der Waals surface area (Å²) in [7, 11) is 0. The number of carbonyl (C=O) groups is 1. The van der Waals surface area contributed by atoms with E-state index in [1.807, 2.05) is 0 Å². The summed E-state index contributed by atoms with van der Waals surface area (Å²) in [4.78, 5) is 11.7. The lowest BCUT2D eigenvalue weighted by atomic mass is 9.94. The number of hydrogen-bond donors (Lipinski definition) is 0. The van der Waals surface area contributed by atoms with E-state index < -0.39 is 0 Å². The highest BCUT2D eigenvalue weighted by molar-refractivity contribution is 5.69. The third-order valence-electron chi connectivity index (χ3n) is 4.69. The van der Waals surface area contributed by atoms with Gasteiger partial charge in [0.1, 0.15) is 0 Å². The number of rotatable bonds is 7. The van der Waals surface area contributed by atoms with Gasteiger partial charge in [-0.3, -0.25) is 4.79 Å². The third kappa shape index (κ3) is 10.8. The van der Waals surface area contributed by atoms with Gasteiger partial charge in [0.25, 0.3) is 0 Å². The fourth-order valence-corrected chi connectivity index (χ4v) is 3.22. The van der Waals surface area contributed by atoms with E-state index in [0.717, 1.165) is 6.42 Å². The molecule has 1 saturated heterocycles. The lowest BCUT2D eigenvalue weighted by molar-refractivity contribution is -0.145. The Bertz CT molecular complexity index is 250. The molecule has 0 saturated carbocycles. The Labute approximate surface area is 132 Å². The molecule has 1 fully saturated rings. The maximum absolute atomic E-state index is 11.7.